The third-order valence-corrected chi connectivity index (χ3v) is 3.80. The van der Waals surface area contributed by atoms with Crippen molar-refractivity contribution in [2.45, 2.75) is 20.3 Å². The van der Waals surface area contributed by atoms with Crippen LogP contribution >= 0.6 is 0 Å². The highest BCUT2D eigenvalue weighted by Gasteiger charge is 2.05. The number of hydrogen-bond donors (Lipinski definition) is 2. The quantitative estimate of drug-likeness (QED) is 0.852. The van der Waals surface area contributed by atoms with Crippen LogP contribution in [-0.4, -0.2) is 26.5 Å². The normalized spacial score (nSPS) is 10.3. The zero-order valence-corrected chi connectivity index (χ0v) is 14.3. The molecule has 0 saturated heterocycles. The Balaban J connectivity index is 1.83. The van der Waals surface area contributed by atoms with E-state index in [1.54, 1.807) is 0 Å². The summed E-state index contributed by atoms with van der Waals surface area (Å²) in [4.78, 5) is 14.1. The fraction of sp³-hybridized carbons (Fsp3) is 0.316. The number of hydrogen-bond acceptors (Lipinski definition) is 3. The average molecular weight is 311 g/mol. The molecule has 0 aliphatic rings. The predicted molar refractivity (Wildman–Crippen MR) is 98.4 cm³/mol. The molecular formula is C19H25N3O. The molecule has 4 heteroatoms. The van der Waals surface area contributed by atoms with Gasteiger partial charge in [0.05, 0.1) is 0 Å². The van der Waals surface area contributed by atoms with Crippen molar-refractivity contribution in [3.05, 3.63) is 53.6 Å². The van der Waals surface area contributed by atoms with Crippen molar-refractivity contribution in [1.82, 2.24) is 0 Å². The van der Waals surface area contributed by atoms with Gasteiger partial charge in [0, 0.05) is 44.1 Å². The van der Waals surface area contributed by atoms with Crippen LogP contribution in [0.4, 0.5) is 17.1 Å². The molecule has 0 saturated carbocycles. The van der Waals surface area contributed by atoms with E-state index in [1.807, 2.05) is 49.3 Å². The number of nitrogens with zero attached hydrogens (tertiary/aromatic N) is 1. The molecule has 0 unspecified atom stereocenters. The lowest BCUT2D eigenvalue weighted by atomic mass is 10.1. The fourth-order valence-electron chi connectivity index (χ4n) is 2.46. The van der Waals surface area contributed by atoms with Crippen LogP contribution in [0.3, 0.4) is 0 Å². The number of aryl methyl sites for hydroxylation is 2. The Labute approximate surface area is 138 Å². The maximum atomic E-state index is 12.0. The van der Waals surface area contributed by atoms with E-state index in [9.17, 15) is 4.79 Å². The predicted octanol–water partition coefficient (Wildman–Crippen LogP) is 3.81. The summed E-state index contributed by atoms with van der Waals surface area (Å²) in [5.74, 6) is 0.0151. The van der Waals surface area contributed by atoms with Gasteiger partial charge in [0.25, 0.3) is 0 Å². The van der Waals surface area contributed by atoms with E-state index >= 15 is 0 Å². The Kier molecular flexibility index (Phi) is 5.63. The van der Waals surface area contributed by atoms with Crippen molar-refractivity contribution in [2.75, 3.05) is 36.2 Å². The highest BCUT2D eigenvalue weighted by Crippen LogP contribution is 2.19. The molecule has 0 aliphatic carbocycles. The Morgan fingerprint density at radius 3 is 2.17 bits per heavy atom. The minimum atomic E-state index is 0.0151. The van der Waals surface area contributed by atoms with Gasteiger partial charge in [0.15, 0.2) is 0 Å². The van der Waals surface area contributed by atoms with Gasteiger partial charge in [-0.05, 0) is 49.2 Å². The summed E-state index contributed by atoms with van der Waals surface area (Å²) < 4.78 is 0. The molecule has 1 amide bonds. The Hall–Kier alpha value is -2.49. The van der Waals surface area contributed by atoms with Crippen LogP contribution in [0, 0.1) is 13.8 Å². The van der Waals surface area contributed by atoms with E-state index in [2.05, 4.69) is 36.6 Å². The highest BCUT2D eigenvalue weighted by molar-refractivity contribution is 5.91. The number of nitrogens with one attached hydrogen (secondary N) is 2. The van der Waals surface area contributed by atoms with Gasteiger partial charge in [0.2, 0.25) is 5.91 Å². The van der Waals surface area contributed by atoms with Crippen LogP contribution in [-0.2, 0) is 4.79 Å². The summed E-state index contributed by atoms with van der Waals surface area (Å²) in [5.41, 5.74) is 5.46. The lowest BCUT2D eigenvalue weighted by Gasteiger charge is -2.14. The number of rotatable bonds is 6. The molecule has 0 fully saturated rings. The second kappa shape index (κ2) is 7.68. The maximum Gasteiger partial charge on any atom is 0.226 e. The number of carbonyl (C=O) groups is 1. The van der Waals surface area contributed by atoms with Crippen LogP contribution in [0.2, 0.25) is 0 Å². The summed E-state index contributed by atoms with van der Waals surface area (Å²) in [6.45, 7) is 4.76. The first-order valence-corrected chi connectivity index (χ1v) is 7.84. The highest BCUT2D eigenvalue weighted by atomic mass is 16.1. The minimum absolute atomic E-state index is 0.0151. The standard InChI is InChI=1S/C19H25N3O/c1-14-6-5-7-15(2)19(14)20-13-12-18(23)21-16-8-10-17(11-9-16)22(3)4/h5-11,20H,12-13H2,1-4H3,(H,21,23). The van der Waals surface area contributed by atoms with E-state index in [1.165, 1.54) is 11.1 Å². The van der Waals surface area contributed by atoms with Crippen molar-refractivity contribution < 1.29 is 4.79 Å². The molecule has 4 nitrogen and oxygen atoms in total. The van der Waals surface area contributed by atoms with E-state index in [0.717, 1.165) is 17.1 Å². The summed E-state index contributed by atoms with van der Waals surface area (Å²) in [5, 5.41) is 6.28. The molecule has 2 N–H and O–H groups in total. The molecular weight excluding hydrogens is 286 g/mol. The van der Waals surface area contributed by atoms with Gasteiger partial charge in [-0.1, -0.05) is 18.2 Å². The minimum Gasteiger partial charge on any atom is -0.384 e. The molecule has 0 heterocycles. The molecule has 0 spiro atoms. The second-order valence-electron chi connectivity index (χ2n) is 5.93. The fourth-order valence-corrected chi connectivity index (χ4v) is 2.46. The van der Waals surface area contributed by atoms with Crippen LogP contribution < -0.4 is 15.5 Å². The van der Waals surface area contributed by atoms with Crippen molar-refractivity contribution >= 4 is 23.0 Å². The van der Waals surface area contributed by atoms with Gasteiger partial charge in [-0.3, -0.25) is 4.79 Å². The topological polar surface area (TPSA) is 44.4 Å². The molecule has 0 aliphatic heterocycles. The molecule has 2 aromatic rings. The summed E-state index contributed by atoms with van der Waals surface area (Å²) in [6, 6.07) is 14.0. The van der Waals surface area contributed by atoms with E-state index in [4.69, 9.17) is 0 Å². The zero-order valence-electron chi connectivity index (χ0n) is 14.3. The first-order chi connectivity index (χ1) is 11.0. The van der Waals surface area contributed by atoms with Crippen LogP contribution in [0.1, 0.15) is 17.5 Å². The Bertz CT molecular complexity index is 643. The number of carbonyl (C=O) groups excluding carboxylic acids is 1. The zero-order chi connectivity index (χ0) is 16.8. The number of amides is 1. The van der Waals surface area contributed by atoms with Gasteiger partial charge in [0.1, 0.15) is 0 Å². The van der Waals surface area contributed by atoms with Gasteiger partial charge in [-0.15, -0.1) is 0 Å². The summed E-state index contributed by atoms with van der Waals surface area (Å²) in [6.07, 6.45) is 0.434. The third-order valence-electron chi connectivity index (χ3n) is 3.80. The van der Waals surface area contributed by atoms with Gasteiger partial charge in [-0.25, -0.2) is 0 Å². The lowest BCUT2D eigenvalue weighted by molar-refractivity contribution is -0.115. The van der Waals surface area contributed by atoms with Crippen LogP contribution in [0.15, 0.2) is 42.5 Å². The largest absolute Gasteiger partial charge is 0.384 e. The van der Waals surface area contributed by atoms with Crippen LogP contribution in [0.25, 0.3) is 0 Å². The molecule has 0 bridgehead atoms. The second-order valence-corrected chi connectivity index (χ2v) is 5.93. The molecule has 0 atom stereocenters. The third kappa shape index (κ3) is 4.74. The van der Waals surface area contributed by atoms with Gasteiger partial charge in [-0.2, -0.15) is 0 Å². The van der Waals surface area contributed by atoms with Gasteiger partial charge < -0.3 is 15.5 Å². The number of anilines is 3. The van der Waals surface area contributed by atoms with Crippen LogP contribution in [0.5, 0.6) is 0 Å². The molecule has 23 heavy (non-hydrogen) atoms. The smallest absolute Gasteiger partial charge is 0.226 e. The van der Waals surface area contributed by atoms with E-state index < -0.39 is 0 Å². The Morgan fingerprint density at radius 1 is 1.00 bits per heavy atom. The number of para-hydroxylation sites is 1. The summed E-state index contributed by atoms with van der Waals surface area (Å²) >= 11 is 0. The van der Waals surface area contributed by atoms with Crippen molar-refractivity contribution in [1.29, 1.82) is 0 Å². The van der Waals surface area contributed by atoms with Gasteiger partial charge >= 0.3 is 0 Å². The lowest BCUT2D eigenvalue weighted by Crippen LogP contribution is -2.17. The van der Waals surface area contributed by atoms with Crippen molar-refractivity contribution in [2.24, 2.45) is 0 Å². The first kappa shape index (κ1) is 16.9. The van der Waals surface area contributed by atoms with E-state index in [-0.39, 0.29) is 5.91 Å². The monoisotopic (exact) mass is 311 g/mol. The van der Waals surface area contributed by atoms with Crippen molar-refractivity contribution in [3.8, 4) is 0 Å². The maximum absolute atomic E-state index is 12.0. The molecule has 122 valence electrons. The molecule has 2 aromatic carbocycles. The average Bonchev–Trinajstić information content (AvgIpc) is 2.51. The first-order valence-electron chi connectivity index (χ1n) is 7.84. The Morgan fingerprint density at radius 2 is 1.61 bits per heavy atom. The summed E-state index contributed by atoms with van der Waals surface area (Å²) in [7, 11) is 3.99. The molecule has 0 aromatic heterocycles. The van der Waals surface area contributed by atoms with Crippen molar-refractivity contribution in [3.63, 3.8) is 0 Å². The molecule has 0 radical (unpaired) electrons. The SMILES string of the molecule is Cc1cccc(C)c1NCCC(=O)Nc1ccc(N(C)C)cc1. The molecule has 2 rings (SSSR count). The van der Waals surface area contributed by atoms with E-state index in [0.29, 0.717) is 13.0 Å². The number of benzene rings is 2.